The van der Waals surface area contributed by atoms with Crippen LogP contribution in [0.2, 0.25) is 0 Å². The minimum atomic E-state index is -3.81. The monoisotopic (exact) mass is 398 g/mol. The van der Waals surface area contributed by atoms with Gasteiger partial charge in [-0.15, -0.1) is 0 Å². The van der Waals surface area contributed by atoms with Crippen molar-refractivity contribution in [3.8, 4) is 0 Å². The smallest absolute Gasteiger partial charge is 0.261 e. The van der Waals surface area contributed by atoms with Gasteiger partial charge in [0.1, 0.15) is 5.82 Å². The molecule has 3 aromatic carbocycles. The van der Waals surface area contributed by atoms with Gasteiger partial charge in [0.05, 0.1) is 11.3 Å². The molecule has 0 heterocycles. The highest BCUT2D eigenvalue weighted by molar-refractivity contribution is 7.92. The third-order valence-electron chi connectivity index (χ3n) is 4.03. The summed E-state index contributed by atoms with van der Waals surface area (Å²) in [5, 5.41) is 2.78. The predicted molar refractivity (Wildman–Crippen MR) is 107 cm³/mol. The van der Waals surface area contributed by atoms with Crippen molar-refractivity contribution in [3.63, 3.8) is 0 Å². The highest BCUT2D eigenvalue weighted by atomic mass is 32.2. The van der Waals surface area contributed by atoms with Crippen molar-refractivity contribution in [1.82, 2.24) is 0 Å². The zero-order chi connectivity index (χ0) is 20.1. The predicted octanol–water partition coefficient (Wildman–Crippen LogP) is 4.12. The van der Waals surface area contributed by atoms with Gasteiger partial charge in [-0.25, -0.2) is 12.8 Å². The van der Waals surface area contributed by atoms with Gasteiger partial charge in [-0.05, 0) is 61.0 Å². The fourth-order valence-corrected chi connectivity index (χ4v) is 3.60. The lowest BCUT2D eigenvalue weighted by atomic mass is 10.1. The first kappa shape index (κ1) is 19.6. The van der Waals surface area contributed by atoms with Crippen LogP contribution in [0.5, 0.6) is 0 Å². The summed E-state index contributed by atoms with van der Waals surface area (Å²) in [5.41, 5.74) is 2.93. The topological polar surface area (TPSA) is 75.3 Å². The third kappa shape index (κ3) is 5.17. The second-order valence-corrected chi connectivity index (χ2v) is 8.03. The van der Waals surface area contributed by atoms with Gasteiger partial charge in [-0.1, -0.05) is 29.8 Å². The van der Waals surface area contributed by atoms with E-state index in [1.54, 1.807) is 24.3 Å². The normalized spacial score (nSPS) is 11.1. The molecule has 0 aliphatic rings. The lowest BCUT2D eigenvalue weighted by Crippen LogP contribution is -2.15. The molecule has 28 heavy (non-hydrogen) atoms. The zero-order valence-electron chi connectivity index (χ0n) is 15.1. The number of anilines is 2. The van der Waals surface area contributed by atoms with E-state index in [1.165, 1.54) is 12.1 Å². The van der Waals surface area contributed by atoms with Gasteiger partial charge in [0.25, 0.3) is 10.0 Å². The van der Waals surface area contributed by atoms with Crippen LogP contribution in [-0.2, 0) is 21.2 Å². The maximum absolute atomic E-state index is 13.0. The lowest BCUT2D eigenvalue weighted by molar-refractivity contribution is -0.115. The van der Waals surface area contributed by atoms with Crippen molar-refractivity contribution in [2.45, 2.75) is 18.2 Å². The Labute approximate surface area is 163 Å². The van der Waals surface area contributed by atoms with Crippen LogP contribution in [-0.4, -0.2) is 14.3 Å². The van der Waals surface area contributed by atoms with E-state index in [0.29, 0.717) is 11.4 Å². The average Bonchev–Trinajstić information content (AvgIpc) is 2.65. The van der Waals surface area contributed by atoms with Crippen LogP contribution in [0, 0.1) is 12.7 Å². The molecule has 0 saturated heterocycles. The van der Waals surface area contributed by atoms with Crippen LogP contribution in [0.1, 0.15) is 11.1 Å². The van der Waals surface area contributed by atoms with Gasteiger partial charge < -0.3 is 5.32 Å². The second kappa shape index (κ2) is 8.22. The quantitative estimate of drug-likeness (QED) is 0.656. The van der Waals surface area contributed by atoms with Crippen LogP contribution in [0.15, 0.2) is 77.7 Å². The molecular formula is C21H19FN2O3S. The minimum Gasteiger partial charge on any atom is -0.326 e. The van der Waals surface area contributed by atoms with E-state index in [2.05, 4.69) is 10.0 Å². The molecule has 0 unspecified atom stereocenters. The summed E-state index contributed by atoms with van der Waals surface area (Å²) < 4.78 is 40.0. The molecule has 1 amide bonds. The first-order chi connectivity index (χ1) is 13.3. The highest BCUT2D eigenvalue weighted by Crippen LogP contribution is 2.19. The summed E-state index contributed by atoms with van der Waals surface area (Å²) in [5.74, 6) is -0.673. The molecule has 0 aromatic heterocycles. The van der Waals surface area contributed by atoms with E-state index in [0.717, 1.165) is 23.3 Å². The van der Waals surface area contributed by atoms with E-state index in [1.807, 2.05) is 31.2 Å². The molecule has 0 bridgehead atoms. The van der Waals surface area contributed by atoms with E-state index in [4.69, 9.17) is 0 Å². The SMILES string of the molecule is Cc1ccc(CC(=O)Nc2ccc(NS(=O)(=O)c3ccc(F)cc3)cc2)cc1. The van der Waals surface area contributed by atoms with E-state index in [9.17, 15) is 17.6 Å². The lowest BCUT2D eigenvalue weighted by Gasteiger charge is -2.10. The molecule has 7 heteroatoms. The summed E-state index contributed by atoms with van der Waals surface area (Å²) in [6, 6.07) is 18.6. The Balaban J connectivity index is 1.62. The van der Waals surface area contributed by atoms with Crippen molar-refractivity contribution < 1.29 is 17.6 Å². The second-order valence-electron chi connectivity index (χ2n) is 6.35. The fourth-order valence-electron chi connectivity index (χ4n) is 2.55. The molecule has 0 atom stereocenters. The number of hydrogen-bond donors (Lipinski definition) is 2. The number of sulfonamides is 1. The maximum Gasteiger partial charge on any atom is 0.261 e. The summed E-state index contributed by atoms with van der Waals surface area (Å²) in [6.45, 7) is 1.98. The van der Waals surface area contributed by atoms with Crippen molar-refractivity contribution in [2.24, 2.45) is 0 Å². The Morgan fingerprint density at radius 3 is 2.04 bits per heavy atom. The number of rotatable bonds is 6. The Kier molecular flexibility index (Phi) is 5.75. The maximum atomic E-state index is 13.0. The molecule has 5 nitrogen and oxygen atoms in total. The van der Waals surface area contributed by atoms with Crippen molar-refractivity contribution >= 4 is 27.3 Å². The highest BCUT2D eigenvalue weighted by Gasteiger charge is 2.14. The molecule has 0 aliphatic carbocycles. The Morgan fingerprint density at radius 2 is 1.43 bits per heavy atom. The molecule has 0 saturated carbocycles. The third-order valence-corrected chi connectivity index (χ3v) is 5.43. The van der Waals surface area contributed by atoms with Crippen molar-refractivity contribution in [1.29, 1.82) is 0 Å². The first-order valence-electron chi connectivity index (χ1n) is 8.56. The molecule has 144 valence electrons. The number of benzene rings is 3. The molecule has 0 aliphatic heterocycles. The fraction of sp³-hybridized carbons (Fsp3) is 0.0952. The molecule has 3 rings (SSSR count). The van der Waals surface area contributed by atoms with Gasteiger partial charge in [0.2, 0.25) is 5.91 Å². The summed E-state index contributed by atoms with van der Waals surface area (Å²) in [6.07, 6.45) is 0.249. The van der Waals surface area contributed by atoms with Gasteiger partial charge in [-0.2, -0.15) is 0 Å². The largest absolute Gasteiger partial charge is 0.326 e. The number of halogens is 1. The molecule has 0 fully saturated rings. The van der Waals surface area contributed by atoms with E-state index >= 15 is 0 Å². The molecule has 3 aromatic rings. The molecule has 2 N–H and O–H groups in total. The standard InChI is InChI=1S/C21H19FN2O3S/c1-15-2-4-16(5-3-15)14-21(25)23-18-8-10-19(11-9-18)24-28(26,27)20-12-6-17(22)7-13-20/h2-13,24H,14H2,1H3,(H,23,25). The van der Waals surface area contributed by atoms with Crippen molar-refractivity contribution in [2.75, 3.05) is 10.0 Å². The summed E-state index contributed by atoms with van der Waals surface area (Å²) >= 11 is 0. The Hall–Kier alpha value is -3.19. The van der Waals surface area contributed by atoms with Crippen LogP contribution < -0.4 is 10.0 Å². The number of nitrogens with one attached hydrogen (secondary N) is 2. The van der Waals surface area contributed by atoms with E-state index in [-0.39, 0.29) is 17.2 Å². The molecule has 0 spiro atoms. The number of hydrogen-bond acceptors (Lipinski definition) is 3. The van der Waals surface area contributed by atoms with Crippen LogP contribution in [0.4, 0.5) is 15.8 Å². The van der Waals surface area contributed by atoms with Crippen LogP contribution >= 0.6 is 0 Å². The number of aryl methyl sites for hydroxylation is 1. The Morgan fingerprint density at radius 1 is 0.857 bits per heavy atom. The van der Waals surface area contributed by atoms with Gasteiger partial charge >= 0.3 is 0 Å². The summed E-state index contributed by atoms with van der Waals surface area (Å²) in [7, 11) is -3.81. The molecular weight excluding hydrogens is 379 g/mol. The molecule has 0 radical (unpaired) electrons. The van der Waals surface area contributed by atoms with E-state index < -0.39 is 15.8 Å². The summed E-state index contributed by atoms with van der Waals surface area (Å²) in [4.78, 5) is 12.1. The number of carbonyl (C=O) groups excluding carboxylic acids is 1. The van der Waals surface area contributed by atoms with Crippen LogP contribution in [0.3, 0.4) is 0 Å². The minimum absolute atomic E-state index is 0.0376. The average molecular weight is 398 g/mol. The number of carbonyl (C=O) groups is 1. The van der Waals surface area contributed by atoms with Gasteiger partial charge in [-0.3, -0.25) is 9.52 Å². The first-order valence-corrected chi connectivity index (χ1v) is 10.0. The van der Waals surface area contributed by atoms with Gasteiger partial charge in [0, 0.05) is 11.4 Å². The van der Waals surface area contributed by atoms with Crippen LogP contribution in [0.25, 0.3) is 0 Å². The van der Waals surface area contributed by atoms with Gasteiger partial charge in [0.15, 0.2) is 0 Å². The van der Waals surface area contributed by atoms with Crippen molar-refractivity contribution in [3.05, 3.63) is 89.7 Å². The number of amides is 1. The zero-order valence-corrected chi connectivity index (χ0v) is 16.0. The Bertz CT molecular complexity index is 1060.